The number of fused-ring (bicyclic) bond motifs is 4. The molecular formula is C46H33F2N4OPt-3. The minimum absolute atomic E-state index is 0. The second kappa shape index (κ2) is 13.9. The fourth-order valence-corrected chi connectivity index (χ4v) is 7.21. The van der Waals surface area contributed by atoms with Gasteiger partial charge in [0, 0.05) is 67.4 Å². The van der Waals surface area contributed by atoms with E-state index in [9.17, 15) is 4.39 Å². The molecule has 3 heterocycles. The number of anilines is 4. The van der Waals surface area contributed by atoms with Crippen molar-refractivity contribution in [3.05, 3.63) is 176 Å². The van der Waals surface area contributed by atoms with Gasteiger partial charge in [-0.25, -0.2) is 13.8 Å². The summed E-state index contributed by atoms with van der Waals surface area (Å²) in [5.74, 6) is 0.489. The monoisotopic (exact) mass is 890 g/mol. The summed E-state index contributed by atoms with van der Waals surface area (Å²) in [7, 11) is 0. The van der Waals surface area contributed by atoms with Gasteiger partial charge in [0.2, 0.25) is 0 Å². The van der Waals surface area contributed by atoms with Crippen molar-refractivity contribution in [2.45, 2.75) is 26.2 Å². The van der Waals surface area contributed by atoms with E-state index in [4.69, 9.17) is 4.74 Å². The van der Waals surface area contributed by atoms with Gasteiger partial charge in [-0.1, -0.05) is 87.0 Å². The van der Waals surface area contributed by atoms with Crippen LogP contribution in [-0.4, -0.2) is 9.55 Å². The number of pyridine rings is 1. The Labute approximate surface area is 327 Å². The predicted octanol–water partition coefficient (Wildman–Crippen LogP) is 12.2. The van der Waals surface area contributed by atoms with Crippen molar-refractivity contribution in [3.8, 4) is 28.4 Å². The summed E-state index contributed by atoms with van der Waals surface area (Å²) in [5, 5.41) is 2.13. The van der Waals surface area contributed by atoms with E-state index in [0.717, 1.165) is 56.2 Å². The molecule has 0 unspecified atom stereocenters. The predicted molar refractivity (Wildman–Crippen MR) is 208 cm³/mol. The molecule has 1 aliphatic rings. The van der Waals surface area contributed by atoms with Crippen molar-refractivity contribution in [1.29, 1.82) is 0 Å². The van der Waals surface area contributed by atoms with Crippen LogP contribution in [0.15, 0.2) is 140 Å². The SMILES string of the molecule is CC(C)(C)c1ccccc1-c1cc(Oc2[c-]c3c(cc2)c2ccccc2n3-c2ccccn2)[c-]c(N2[CH-]N(c3ccc(F)cc3F)c3ccccc32)c1.[Pt]. The molecule has 0 bridgehead atoms. The molecule has 0 saturated carbocycles. The Kier molecular flexibility index (Phi) is 9.07. The molecule has 0 radical (unpaired) electrons. The molecule has 0 spiro atoms. The maximum Gasteiger partial charge on any atom is 0.147 e. The summed E-state index contributed by atoms with van der Waals surface area (Å²) in [6, 6.07) is 48.9. The molecule has 54 heavy (non-hydrogen) atoms. The smallest absolute Gasteiger partial charge is 0.147 e. The number of nitrogens with zero attached hydrogens (tertiary/aromatic N) is 4. The van der Waals surface area contributed by atoms with Gasteiger partial charge in [0.05, 0.1) is 0 Å². The van der Waals surface area contributed by atoms with Gasteiger partial charge in [0.1, 0.15) is 17.5 Å². The van der Waals surface area contributed by atoms with Crippen molar-refractivity contribution in [2.24, 2.45) is 0 Å². The average Bonchev–Trinajstić information content (AvgIpc) is 3.71. The number of hydrogen-bond acceptors (Lipinski definition) is 4. The zero-order valence-corrected chi connectivity index (χ0v) is 31.9. The number of halogens is 2. The van der Waals surface area contributed by atoms with Crippen LogP contribution in [0.3, 0.4) is 0 Å². The van der Waals surface area contributed by atoms with E-state index in [1.807, 2.05) is 77.7 Å². The molecule has 0 N–H and O–H groups in total. The first-order valence-electron chi connectivity index (χ1n) is 17.4. The number of ether oxygens (including phenoxy) is 1. The minimum Gasteiger partial charge on any atom is -0.509 e. The molecule has 5 nitrogen and oxygen atoms in total. The zero-order valence-electron chi connectivity index (χ0n) is 29.6. The van der Waals surface area contributed by atoms with Crippen molar-refractivity contribution >= 4 is 44.6 Å². The summed E-state index contributed by atoms with van der Waals surface area (Å²) in [6.07, 6.45) is 1.78. The van der Waals surface area contributed by atoms with Crippen LogP contribution >= 0.6 is 0 Å². The molecule has 2 aromatic heterocycles. The van der Waals surface area contributed by atoms with E-state index in [1.54, 1.807) is 17.8 Å². The molecule has 0 aliphatic carbocycles. The number of para-hydroxylation sites is 3. The topological polar surface area (TPSA) is 33.5 Å². The van der Waals surface area contributed by atoms with E-state index >= 15 is 4.39 Å². The van der Waals surface area contributed by atoms with Crippen LogP contribution in [-0.2, 0) is 26.5 Å². The molecular weight excluding hydrogens is 858 g/mol. The molecule has 0 fully saturated rings. The summed E-state index contributed by atoms with van der Waals surface area (Å²) >= 11 is 0. The Bertz CT molecular complexity index is 2670. The third-order valence-electron chi connectivity index (χ3n) is 9.59. The van der Waals surface area contributed by atoms with Crippen LogP contribution in [0.4, 0.5) is 31.5 Å². The maximum atomic E-state index is 15.2. The first kappa shape index (κ1) is 35.3. The van der Waals surface area contributed by atoms with Crippen LogP contribution in [0.2, 0.25) is 0 Å². The Morgan fingerprint density at radius 3 is 2.19 bits per heavy atom. The zero-order chi connectivity index (χ0) is 36.3. The quantitative estimate of drug-likeness (QED) is 0.156. The average molecular weight is 891 g/mol. The molecule has 270 valence electrons. The largest absolute Gasteiger partial charge is 0.509 e. The fourth-order valence-electron chi connectivity index (χ4n) is 7.21. The Morgan fingerprint density at radius 1 is 0.667 bits per heavy atom. The number of hydrogen-bond donors (Lipinski definition) is 0. The van der Waals surface area contributed by atoms with Gasteiger partial charge in [-0.2, -0.15) is 6.07 Å². The van der Waals surface area contributed by atoms with Gasteiger partial charge in [0.25, 0.3) is 0 Å². The summed E-state index contributed by atoms with van der Waals surface area (Å²) in [4.78, 5) is 8.35. The fraction of sp³-hybridized carbons (Fsp3) is 0.0870. The van der Waals surface area contributed by atoms with Crippen LogP contribution < -0.4 is 14.5 Å². The Hall–Kier alpha value is -5.78. The van der Waals surface area contributed by atoms with Gasteiger partial charge < -0.3 is 19.1 Å². The minimum atomic E-state index is -0.659. The molecule has 0 atom stereocenters. The van der Waals surface area contributed by atoms with Gasteiger partial charge in [0.15, 0.2) is 0 Å². The normalized spacial score (nSPS) is 12.6. The van der Waals surface area contributed by atoms with Gasteiger partial charge >= 0.3 is 0 Å². The standard InChI is InChI=1S/C46H33F2N4O.Pt/c1-46(2,3)38-14-6-4-12-35(38)30-24-32(50-29-51(43-17-9-8-16-42(43)50)41-22-19-31(47)26-39(41)48)27-34(25-30)53-33-20-21-37-36-13-5-7-15-40(36)52(44(37)28-33)45-18-10-11-23-49-45;/h4-26,29H,1-3H3;/q-3;. The van der Waals surface area contributed by atoms with E-state index < -0.39 is 11.6 Å². The third kappa shape index (κ3) is 6.22. The second-order valence-corrected chi connectivity index (χ2v) is 14.1. The molecule has 0 amide bonds. The molecule has 1 aliphatic heterocycles. The van der Waals surface area contributed by atoms with Gasteiger partial charge in [-0.15, -0.1) is 53.6 Å². The van der Waals surface area contributed by atoms with Crippen LogP contribution in [0.1, 0.15) is 26.3 Å². The third-order valence-corrected chi connectivity index (χ3v) is 9.59. The van der Waals surface area contributed by atoms with Crippen molar-refractivity contribution in [3.63, 3.8) is 0 Å². The Balaban J connectivity index is 0.00000413. The van der Waals surface area contributed by atoms with Crippen molar-refractivity contribution in [1.82, 2.24) is 9.55 Å². The van der Waals surface area contributed by atoms with E-state index in [2.05, 4.69) is 84.9 Å². The van der Waals surface area contributed by atoms with Gasteiger partial charge in [-0.05, 0) is 64.4 Å². The molecule has 9 rings (SSSR count). The molecule has 6 aromatic carbocycles. The summed E-state index contributed by atoms with van der Waals surface area (Å²) in [5.41, 5.74) is 7.37. The summed E-state index contributed by atoms with van der Waals surface area (Å²) in [6.45, 7) is 8.40. The van der Waals surface area contributed by atoms with E-state index in [1.165, 1.54) is 17.7 Å². The van der Waals surface area contributed by atoms with E-state index in [0.29, 0.717) is 17.2 Å². The van der Waals surface area contributed by atoms with Gasteiger partial charge in [-0.3, -0.25) is 0 Å². The molecule has 8 heteroatoms. The van der Waals surface area contributed by atoms with Crippen molar-refractivity contribution in [2.75, 3.05) is 9.80 Å². The molecule has 0 saturated heterocycles. The number of aromatic nitrogens is 2. The number of benzene rings is 6. The first-order valence-corrected chi connectivity index (χ1v) is 17.4. The number of rotatable bonds is 6. The second-order valence-electron chi connectivity index (χ2n) is 14.1. The maximum absolute atomic E-state index is 15.2. The molecule has 8 aromatic rings. The first-order chi connectivity index (χ1) is 25.7. The Morgan fingerprint density at radius 2 is 1.41 bits per heavy atom. The van der Waals surface area contributed by atoms with Crippen LogP contribution in [0.5, 0.6) is 11.5 Å². The summed E-state index contributed by atoms with van der Waals surface area (Å²) < 4.78 is 38.0. The van der Waals surface area contributed by atoms with Crippen LogP contribution in [0.25, 0.3) is 38.8 Å². The van der Waals surface area contributed by atoms with Crippen molar-refractivity contribution < 1.29 is 34.6 Å². The van der Waals surface area contributed by atoms with E-state index in [-0.39, 0.29) is 32.2 Å². The van der Waals surface area contributed by atoms with Crippen LogP contribution in [0, 0.1) is 30.4 Å².